The van der Waals surface area contributed by atoms with Gasteiger partial charge in [0, 0.05) is 6.04 Å². The second-order valence-corrected chi connectivity index (χ2v) is 4.59. The van der Waals surface area contributed by atoms with E-state index >= 15 is 0 Å². The molecule has 1 aliphatic rings. The molecule has 0 aromatic rings. The van der Waals surface area contributed by atoms with E-state index in [-0.39, 0.29) is 11.9 Å². The number of hydrogen-bond donors (Lipinski definition) is 2. The Morgan fingerprint density at radius 2 is 2.07 bits per heavy atom. The molecule has 0 spiro atoms. The molecule has 1 saturated carbocycles. The summed E-state index contributed by atoms with van der Waals surface area (Å²) < 4.78 is 0. The Labute approximate surface area is 92.0 Å². The van der Waals surface area contributed by atoms with Crippen LogP contribution in [-0.2, 0) is 4.79 Å². The molecule has 15 heavy (non-hydrogen) atoms. The zero-order chi connectivity index (χ0) is 11.4. The molecule has 1 amide bonds. The minimum atomic E-state index is -0.251. The number of likely N-dealkylation sites (N-methyl/N-ethyl adjacent to an activating group) is 1. The van der Waals surface area contributed by atoms with E-state index in [1.807, 2.05) is 14.0 Å². The molecule has 0 heterocycles. The Balaban J connectivity index is 2.62. The first-order valence-electron chi connectivity index (χ1n) is 5.79. The average molecular weight is 213 g/mol. The fourth-order valence-corrected chi connectivity index (χ4v) is 2.49. The van der Waals surface area contributed by atoms with E-state index in [0.717, 1.165) is 6.42 Å². The molecule has 1 fully saturated rings. The van der Waals surface area contributed by atoms with Gasteiger partial charge in [-0.05, 0) is 39.3 Å². The van der Waals surface area contributed by atoms with Crippen LogP contribution in [0.25, 0.3) is 0 Å². The molecule has 1 aliphatic carbocycles. The minimum absolute atomic E-state index is 0.192. The highest BCUT2D eigenvalue weighted by Crippen LogP contribution is 2.28. The standard InChI is InChI=1S/C11H23N3O/c1-8(11(13)15)14(2)10-6-4-3-5-9(10)7-12/h8-10H,3-7,12H2,1-2H3,(H2,13,15). The van der Waals surface area contributed by atoms with Gasteiger partial charge in [-0.2, -0.15) is 0 Å². The normalized spacial score (nSPS) is 29.1. The first kappa shape index (κ1) is 12.5. The van der Waals surface area contributed by atoms with Crippen LogP contribution in [0, 0.1) is 5.92 Å². The Morgan fingerprint density at radius 3 is 2.60 bits per heavy atom. The smallest absolute Gasteiger partial charge is 0.234 e. The van der Waals surface area contributed by atoms with Gasteiger partial charge in [-0.1, -0.05) is 12.8 Å². The summed E-state index contributed by atoms with van der Waals surface area (Å²) in [5.74, 6) is 0.268. The summed E-state index contributed by atoms with van der Waals surface area (Å²) in [5, 5.41) is 0. The summed E-state index contributed by atoms with van der Waals surface area (Å²) in [5.41, 5.74) is 11.1. The van der Waals surface area contributed by atoms with Crippen LogP contribution in [-0.4, -0.2) is 36.5 Å². The molecule has 88 valence electrons. The highest BCUT2D eigenvalue weighted by atomic mass is 16.1. The zero-order valence-electron chi connectivity index (χ0n) is 9.78. The van der Waals surface area contributed by atoms with Crippen molar-refractivity contribution in [2.75, 3.05) is 13.6 Å². The predicted octanol–water partition coefficient (Wildman–Crippen LogP) is 0.310. The predicted molar refractivity (Wildman–Crippen MR) is 61.2 cm³/mol. The highest BCUT2D eigenvalue weighted by molar-refractivity contribution is 5.79. The lowest BCUT2D eigenvalue weighted by atomic mass is 9.83. The van der Waals surface area contributed by atoms with Crippen LogP contribution in [0.15, 0.2) is 0 Å². The lowest BCUT2D eigenvalue weighted by Crippen LogP contribution is -2.51. The fraction of sp³-hybridized carbons (Fsp3) is 0.909. The molecule has 1 rings (SSSR count). The summed E-state index contributed by atoms with van der Waals surface area (Å²) in [6.45, 7) is 2.57. The van der Waals surface area contributed by atoms with Gasteiger partial charge in [0.15, 0.2) is 0 Å². The lowest BCUT2D eigenvalue weighted by molar-refractivity contribution is -0.123. The van der Waals surface area contributed by atoms with Crippen molar-refractivity contribution in [2.24, 2.45) is 17.4 Å². The topological polar surface area (TPSA) is 72.4 Å². The van der Waals surface area contributed by atoms with E-state index < -0.39 is 0 Å². The molecular formula is C11H23N3O. The van der Waals surface area contributed by atoms with Gasteiger partial charge in [-0.15, -0.1) is 0 Å². The number of hydrogen-bond acceptors (Lipinski definition) is 3. The molecule has 3 atom stereocenters. The number of rotatable bonds is 4. The van der Waals surface area contributed by atoms with Gasteiger partial charge in [0.1, 0.15) is 0 Å². The molecular weight excluding hydrogens is 190 g/mol. The summed E-state index contributed by atoms with van der Waals surface area (Å²) in [7, 11) is 1.98. The van der Waals surface area contributed by atoms with E-state index in [4.69, 9.17) is 11.5 Å². The van der Waals surface area contributed by atoms with Gasteiger partial charge in [0.05, 0.1) is 6.04 Å². The summed E-state index contributed by atoms with van der Waals surface area (Å²) in [6.07, 6.45) is 4.81. The monoisotopic (exact) mass is 213 g/mol. The van der Waals surface area contributed by atoms with Crippen LogP contribution in [0.5, 0.6) is 0 Å². The quantitative estimate of drug-likeness (QED) is 0.706. The maximum absolute atomic E-state index is 11.1. The maximum Gasteiger partial charge on any atom is 0.234 e. The molecule has 0 aliphatic heterocycles. The van der Waals surface area contributed by atoms with Crippen LogP contribution >= 0.6 is 0 Å². The molecule has 4 nitrogen and oxygen atoms in total. The Kier molecular flexibility index (Phi) is 4.54. The SMILES string of the molecule is CC(C(N)=O)N(C)C1CCCCC1CN. The third-order valence-corrected chi connectivity index (χ3v) is 3.72. The van der Waals surface area contributed by atoms with Gasteiger partial charge in [0.25, 0.3) is 0 Å². The van der Waals surface area contributed by atoms with Crippen molar-refractivity contribution in [2.45, 2.75) is 44.7 Å². The van der Waals surface area contributed by atoms with Crippen molar-refractivity contribution in [3.05, 3.63) is 0 Å². The van der Waals surface area contributed by atoms with E-state index in [0.29, 0.717) is 18.5 Å². The van der Waals surface area contributed by atoms with E-state index in [9.17, 15) is 4.79 Å². The van der Waals surface area contributed by atoms with Crippen LogP contribution in [0.4, 0.5) is 0 Å². The van der Waals surface area contributed by atoms with Gasteiger partial charge in [0.2, 0.25) is 5.91 Å². The fourth-order valence-electron chi connectivity index (χ4n) is 2.49. The number of carbonyl (C=O) groups excluding carboxylic acids is 1. The molecule has 0 aromatic carbocycles. The molecule has 3 unspecified atom stereocenters. The zero-order valence-corrected chi connectivity index (χ0v) is 9.78. The second kappa shape index (κ2) is 5.47. The molecule has 0 radical (unpaired) electrons. The molecule has 4 N–H and O–H groups in total. The number of nitrogens with two attached hydrogens (primary N) is 2. The van der Waals surface area contributed by atoms with E-state index in [2.05, 4.69) is 4.90 Å². The Morgan fingerprint density at radius 1 is 1.47 bits per heavy atom. The van der Waals surface area contributed by atoms with Crippen molar-refractivity contribution in [1.29, 1.82) is 0 Å². The van der Waals surface area contributed by atoms with E-state index in [1.54, 1.807) is 0 Å². The van der Waals surface area contributed by atoms with Gasteiger partial charge >= 0.3 is 0 Å². The number of carbonyl (C=O) groups is 1. The number of amides is 1. The summed E-state index contributed by atoms with van der Waals surface area (Å²) in [4.78, 5) is 13.2. The lowest BCUT2D eigenvalue weighted by Gasteiger charge is -2.39. The third kappa shape index (κ3) is 2.92. The number of primary amides is 1. The largest absolute Gasteiger partial charge is 0.368 e. The average Bonchev–Trinajstić information content (AvgIpc) is 2.26. The first-order valence-corrected chi connectivity index (χ1v) is 5.79. The van der Waals surface area contributed by atoms with Gasteiger partial charge in [-0.3, -0.25) is 9.69 Å². The number of nitrogens with zero attached hydrogens (tertiary/aromatic N) is 1. The van der Waals surface area contributed by atoms with Crippen molar-refractivity contribution >= 4 is 5.91 Å². The summed E-state index contributed by atoms with van der Waals surface area (Å²) in [6, 6.07) is 0.230. The first-order chi connectivity index (χ1) is 7.07. The van der Waals surface area contributed by atoms with Crippen LogP contribution in [0.2, 0.25) is 0 Å². The van der Waals surface area contributed by atoms with Crippen molar-refractivity contribution in [3.8, 4) is 0 Å². The van der Waals surface area contributed by atoms with Crippen LogP contribution in [0.3, 0.4) is 0 Å². The molecule has 0 bridgehead atoms. The maximum atomic E-state index is 11.1. The van der Waals surface area contributed by atoms with Crippen LogP contribution < -0.4 is 11.5 Å². The van der Waals surface area contributed by atoms with Crippen LogP contribution in [0.1, 0.15) is 32.6 Å². The summed E-state index contributed by atoms with van der Waals surface area (Å²) >= 11 is 0. The van der Waals surface area contributed by atoms with Gasteiger partial charge < -0.3 is 11.5 Å². The van der Waals surface area contributed by atoms with Crippen molar-refractivity contribution < 1.29 is 4.79 Å². The third-order valence-electron chi connectivity index (χ3n) is 3.72. The minimum Gasteiger partial charge on any atom is -0.368 e. The molecule has 0 saturated heterocycles. The second-order valence-electron chi connectivity index (χ2n) is 4.59. The molecule has 4 heteroatoms. The van der Waals surface area contributed by atoms with Crippen molar-refractivity contribution in [1.82, 2.24) is 4.90 Å². The van der Waals surface area contributed by atoms with Gasteiger partial charge in [-0.25, -0.2) is 0 Å². The Hall–Kier alpha value is -0.610. The molecule has 0 aromatic heterocycles. The highest BCUT2D eigenvalue weighted by Gasteiger charge is 2.30. The van der Waals surface area contributed by atoms with Crippen molar-refractivity contribution in [3.63, 3.8) is 0 Å². The Bertz CT molecular complexity index is 220. The van der Waals surface area contributed by atoms with E-state index in [1.165, 1.54) is 19.3 Å².